The molecule has 1 unspecified atom stereocenters. The summed E-state index contributed by atoms with van der Waals surface area (Å²) in [4.78, 5) is 0. The fourth-order valence-electron chi connectivity index (χ4n) is 1.54. The molecular weight excluding hydrogens is 186 g/mol. The zero-order chi connectivity index (χ0) is 11.1. The van der Waals surface area contributed by atoms with Gasteiger partial charge in [0.15, 0.2) is 0 Å². The molecule has 15 heavy (non-hydrogen) atoms. The predicted molar refractivity (Wildman–Crippen MR) is 64.2 cm³/mol. The minimum absolute atomic E-state index is 0.343. The predicted octanol–water partition coefficient (Wildman–Crippen LogP) is 2.71. The van der Waals surface area contributed by atoms with Crippen LogP contribution in [0.2, 0.25) is 0 Å². The second-order valence-corrected chi connectivity index (χ2v) is 4.06. The number of aryl methyl sites for hydroxylation is 1. The quantitative estimate of drug-likeness (QED) is 0.751. The highest BCUT2D eigenvalue weighted by Gasteiger charge is 2.01. The fraction of sp³-hybridized carbons (Fsp3) is 0.538. The van der Waals surface area contributed by atoms with E-state index in [1.807, 2.05) is 12.1 Å². The second kappa shape index (κ2) is 6.46. The lowest BCUT2D eigenvalue weighted by molar-refractivity contribution is 0.474. The van der Waals surface area contributed by atoms with Gasteiger partial charge < -0.3 is 10.4 Å². The third-order valence-corrected chi connectivity index (χ3v) is 2.55. The largest absolute Gasteiger partial charge is 0.508 e. The lowest BCUT2D eigenvalue weighted by Crippen LogP contribution is -2.27. The summed E-state index contributed by atoms with van der Waals surface area (Å²) < 4.78 is 0. The van der Waals surface area contributed by atoms with Crippen molar-refractivity contribution in [1.29, 1.82) is 0 Å². The van der Waals surface area contributed by atoms with E-state index in [0.717, 1.165) is 19.4 Å². The number of phenolic OH excluding ortho intramolecular Hbond substituents is 1. The second-order valence-electron chi connectivity index (χ2n) is 4.06. The van der Waals surface area contributed by atoms with Gasteiger partial charge in [0.05, 0.1) is 0 Å². The number of rotatable bonds is 6. The number of aromatic hydroxyl groups is 1. The van der Waals surface area contributed by atoms with E-state index in [9.17, 15) is 0 Å². The summed E-state index contributed by atoms with van der Waals surface area (Å²) in [7, 11) is 0. The van der Waals surface area contributed by atoms with Gasteiger partial charge >= 0.3 is 0 Å². The van der Waals surface area contributed by atoms with Crippen molar-refractivity contribution in [3.63, 3.8) is 0 Å². The van der Waals surface area contributed by atoms with E-state index < -0.39 is 0 Å². The van der Waals surface area contributed by atoms with Crippen LogP contribution in [0.4, 0.5) is 0 Å². The standard InChI is InChI=1S/C13H21NO/c1-3-10-14-11(2)4-5-12-6-8-13(15)9-7-12/h6-9,11,14-15H,3-5,10H2,1-2H3. The third kappa shape index (κ3) is 4.84. The molecule has 0 aromatic heterocycles. The Balaban J connectivity index is 2.27. The van der Waals surface area contributed by atoms with Gasteiger partial charge in [-0.1, -0.05) is 19.1 Å². The molecule has 0 saturated carbocycles. The van der Waals surface area contributed by atoms with Gasteiger partial charge in [0, 0.05) is 6.04 Å². The summed E-state index contributed by atoms with van der Waals surface area (Å²) in [6, 6.07) is 8.04. The van der Waals surface area contributed by atoms with Crippen LogP contribution >= 0.6 is 0 Å². The van der Waals surface area contributed by atoms with Crippen molar-refractivity contribution in [3.05, 3.63) is 29.8 Å². The topological polar surface area (TPSA) is 32.3 Å². The molecule has 1 aromatic rings. The summed E-state index contributed by atoms with van der Waals surface area (Å²) in [6.07, 6.45) is 3.40. The lowest BCUT2D eigenvalue weighted by Gasteiger charge is -2.12. The molecule has 1 atom stereocenters. The minimum Gasteiger partial charge on any atom is -0.508 e. The zero-order valence-electron chi connectivity index (χ0n) is 9.66. The van der Waals surface area contributed by atoms with Gasteiger partial charge in [0.25, 0.3) is 0 Å². The highest BCUT2D eigenvalue weighted by Crippen LogP contribution is 2.11. The molecule has 2 N–H and O–H groups in total. The van der Waals surface area contributed by atoms with Crippen LogP contribution < -0.4 is 5.32 Å². The molecule has 0 aliphatic heterocycles. The SMILES string of the molecule is CCCNC(C)CCc1ccc(O)cc1. The van der Waals surface area contributed by atoms with Gasteiger partial charge in [0.1, 0.15) is 5.75 Å². The van der Waals surface area contributed by atoms with Crippen LogP contribution in [-0.4, -0.2) is 17.7 Å². The maximum Gasteiger partial charge on any atom is 0.115 e. The number of benzene rings is 1. The minimum atomic E-state index is 0.343. The average Bonchev–Trinajstić information content (AvgIpc) is 2.25. The molecular formula is C13H21NO. The first-order chi connectivity index (χ1) is 7.22. The molecule has 1 rings (SSSR count). The number of nitrogens with one attached hydrogen (secondary N) is 1. The third-order valence-electron chi connectivity index (χ3n) is 2.55. The van der Waals surface area contributed by atoms with Crippen LogP contribution in [-0.2, 0) is 6.42 Å². The van der Waals surface area contributed by atoms with Gasteiger partial charge in [-0.2, -0.15) is 0 Å². The number of hydrogen-bond acceptors (Lipinski definition) is 2. The van der Waals surface area contributed by atoms with E-state index in [4.69, 9.17) is 5.11 Å². The molecule has 2 heteroatoms. The zero-order valence-corrected chi connectivity index (χ0v) is 9.66. The molecule has 0 bridgehead atoms. The summed E-state index contributed by atoms with van der Waals surface area (Å²) in [5.74, 6) is 0.343. The summed E-state index contributed by atoms with van der Waals surface area (Å²) >= 11 is 0. The Labute approximate surface area is 92.3 Å². The number of hydrogen-bond donors (Lipinski definition) is 2. The van der Waals surface area contributed by atoms with E-state index in [1.54, 1.807) is 12.1 Å². The van der Waals surface area contributed by atoms with Crippen molar-refractivity contribution in [1.82, 2.24) is 5.32 Å². The molecule has 0 aliphatic carbocycles. The highest BCUT2D eigenvalue weighted by molar-refractivity contribution is 5.25. The van der Waals surface area contributed by atoms with Gasteiger partial charge in [-0.25, -0.2) is 0 Å². The van der Waals surface area contributed by atoms with Crippen molar-refractivity contribution < 1.29 is 5.11 Å². The van der Waals surface area contributed by atoms with E-state index in [2.05, 4.69) is 19.2 Å². The van der Waals surface area contributed by atoms with Crippen molar-refractivity contribution in [2.75, 3.05) is 6.54 Å². The molecule has 0 radical (unpaired) electrons. The maximum atomic E-state index is 9.14. The molecule has 0 amide bonds. The first-order valence-corrected chi connectivity index (χ1v) is 5.73. The van der Waals surface area contributed by atoms with Gasteiger partial charge in [-0.05, 0) is 50.4 Å². The van der Waals surface area contributed by atoms with Crippen molar-refractivity contribution in [2.45, 2.75) is 39.2 Å². The molecule has 0 spiro atoms. The molecule has 2 nitrogen and oxygen atoms in total. The van der Waals surface area contributed by atoms with Crippen LogP contribution in [0.3, 0.4) is 0 Å². The molecule has 0 aliphatic rings. The monoisotopic (exact) mass is 207 g/mol. The Morgan fingerprint density at radius 2 is 1.93 bits per heavy atom. The van der Waals surface area contributed by atoms with Crippen molar-refractivity contribution in [3.8, 4) is 5.75 Å². The molecule has 84 valence electrons. The van der Waals surface area contributed by atoms with E-state index in [-0.39, 0.29) is 0 Å². The maximum absolute atomic E-state index is 9.14. The highest BCUT2D eigenvalue weighted by atomic mass is 16.3. The summed E-state index contributed by atoms with van der Waals surface area (Å²) in [5.41, 5.74) is 1.29. The van der Waals surface area contributed by atoms with Crippen LogP contribution in [0.1, 0.15) is 32.3 Å². The van der Waals surface area contributed by atoms with Gasteiger partial charge in [-0.15, -0.1) is 0 Å². The van der Waals surface area contributed by atoms with Gasteiger partial charge in [0.2, 0.25) is 0 Å². The average molecular weight is 207 g/mol. The van der Waals surface area contributed by atoms with E-state index >= 15 is 0 Å². The van der Waals surface area contributed by atoms with Crippen molar-refractivity contribution in [2.24, 2.45) is 0 Å². The number of phenols is 1. The first kappa shape index (κ1) is 12.1. The molecule has 0 heterocycles. The van der Waals surface area contributed by atoms with Crippen molar-refractivity contribution >= 4 is 0 Å². The first-order valence-electron chi connectivity index (χ1n) is 5.73. The Kier molecular flexibility index (Phi) is 5.19. The van der Waals surface area contributed by atoms with E-state index in [0.29, 0.717) is 11.8 Å². The summed E-state index contributed by atoms with van der Waals surface area (Å²) in [5, 5.41) is 12.6. The van der Waals surface area contributed by atoms with Crippen LogP contribution in [0, 0.1) is 0 Å². The Morgan fingerprint density at radius 3 is 2.53 bits per heavy atom. The Bertz CT molecular complexity index is 268. The summed E-state index contributed by atoms with van der Waals surface area (Å²) in [6.45, 7) is 5.49. The van der Waals surface area contributed by atoms with Crippen LogP contribution in [0.15, 0.2) is 24.3 Å². The van der Waals surface area contributed by atoms with Crippen LogP contribution in [0.25, 0.3) is 0 Å². The van der Waals surface area contributed by atoms with E-state index in [1.165, 1.54) is 12.0 Å². The molecule has 0 fully saturated rings. The van der Waals surface area contributed by atoms with Gasteiger partial charge in [-0.3, -0.25) is 0 Å². The van der Waals surface area contributed by atoms with Crippen LogP contribution in [0.5, 0.6) is 5.75 Å². The molecule has 0 saturated heterocycles. The Morgan fingerprint density at radius 1 is 1.27 bits per heavy atom. The smallest absolute Gasteiger partial charge is 0.115 e. The molecule has 1 aromatic carbocycles. The normalized spacial score (nSPS) is 12.7. The Hall–Kier alpha value is -1.02. The fourth-order valence-corrected chi connectivity index (χ4v) is 1.54. The lowest BCUT2D eigenvalue weighted by atomic mass is 10.1.